The summed E-state index contributed by atoms with van der Waals surface area (Å²) in [5.74, 6) is -0.298. The molecule has 8 heteroatoms. The van der Waals surface area contributed by atoms with Gasteiger partial charge < -0.3 is 9.88 Å². The van der Waals surface area contributed by atoms with E-state index in [1.807, 2.05) is 6.92 Å². The molecule has 1 aliphatic rings. The minimum atomic E-state index is -3.34. The zero-order valence-corrected chi connectivity index (χ0v) is 14.4. The van der Waals surface area contributed by atoms with Gasteiger partial charge in [0.05, 0.1) is 6.26 Å². The van der Waals surface area contributed by atoms with Gasteiger partial charge in [-0.15, -0.1) is 0 Å². The van der Waals surface area contributed by atoms with Crippen molar-refractivity contribution >= 4 is 15.9 Å². The number of pyridine rings is 1. The number of H-pyrrole nitrogens is 1. The predicted molar refractivity (Wildman–Crippen MR) is 87.9 cm³/mol. The summed E-state index contributed by atoms with van der Waals surface area (Å²) < 4.78 is 25.6. The van der Waals surface area contributed by atoms with Gasteiger partial charge in [0.25, 0.3) is 5.91 Å². The molecule has 0 unspecified atom stereocenters. The van der Waals surface area contributed by atoms with Gasteiger partial charge in [0, 0.05) is 37.1 Å². The standard InChI is InChI=1S/C15H23N3O4S/c1-4-5-11-8-18(9-13(11)17-23(3,21)22)15(20)12-7-16-10(2)6-14(12)19/h6-7,11,13,17H,4-5,8-9H2,1-3H3,(H,16,19)/t11-,13-/m0/s1. The largest absolute Gasteiger partial charge is 0.364 e. The summed E-state index contributed by atoms with van der Waals surface area (Å²) in [6, 6.07) is 1.08. The van der Waals surface area contributed by atoms with Crippen molar-refractivity contribution in [1.29, 1.82) is 0 Å². The van der Waals surface area contributed by atoms with Gasteiger partial charge in [0.2, 0.25) is 10.0 Å². The van der Waals surface area contributed by atoms with E-state index in [0.717, 1.165) is 19.1 Å². The Morgan fingerprint density at radius 1 is 1.43 bits per heavy atom. The van der Waals surface area contributed by atoms with Gasteiger partial charge in [-0.25, -0.2) is 13.1 Å². The molecule has 7 nitrogen and oxygen atoms in total. The Bertz CT molecular complexity index is 741. The van der Waals surface area contributed by atoms with Crippen molar-refractivity contribution in [2.45, 2.75) is 32.7 Å². The SMILES string of the molecule is CCC[C@H]1CN(C(=O)c2c[nH]c(C)cc2=O)C[C@@H]1NS(C)(=O)=O. The maximum atomic E-state index is 12.6. The maximum Gasteiger partial charge on any atom is 0.259 e. The van der Waals surface area contributed by atoms with Crippen molar-refractivity contribution in [2.75, 3.05) is 19.3 Å². The minimum Gasteiger partial charge on any atom is -0.364 e. The topological polar surface area (TPSA) is 99.3 Å². The number of nitrogens with zero attached hydrogens (tertiary/aromatic N) is 1. The van der Waals surface area contributed by atoms with Crippen molar-refractivity contribution in [3.05, 3.63) is 33.7 Å². The molecule has 0 saturated carbocycles. The molecule has 1 aromatic heterocycles. The van der Waals surface area contributed by atoms with Crippen LogP contribution in [0.5, 0.6) is 0 Å². The number of likely N-dealkylation sites (tertiary alicyclic amines) is 1. The van der Waals surface area contributed by atoms with Gasteiger partial charge in [-0.05, 0) is 19.3 Å². The van der Waals surface area contributed by atoms with Gasteiger partial charge in [-0.3, -0.25) is 9.59 Å². The summed E-state index contributed by atoms with van der Waals surface area (Å²) in [6.07, 6.45) is 4.26. The molecule has 1 fully saturated rings. The average molecular weight is 341 g/mol. The van der Waals surface area contributed by atoms with Crippen LogP contribution in [-0.4, -0.2) is 49.6 Å². The number of nitrogens with one attached hydrogen (secondary N) is 2. The molecule has 1 amide bonds. The number of aromatic amines is 1. The number of amides is 1. The zero-order valence-electron chi connectivity index (χ0n) is 13.6. The van der Waals surface area contributed by atoms with Crippen molar-refractivity contribution in [3.63, 3.8) is 0 Å². The molecule has 2 N–H and O–H groups in total. The molecular formula is C15H23N3O4S. The van der Waals surface area contributed by atoms with Crippen LogP contribution in [0.15, 0.2) is 17.1 Å². The van der Waals surface area contributed by atoms with Gasteiger partial charge >= 0.3 is 0 Å². The van der Waals surface area contributed by atoms with E-state index in [9.17, 15) is 18.0 Å². The first-order valence-corrected chi connectivity index (χ1v) is 9.56. The van der Waals surface area contributed by atoms with Gasteiger partial charge in [-0.1, -0.05) is 13.3 Å². The van der Waals surface area contributed by atoms with E-state index in [4.69, 9.17) is 0 Å². The van der Waals surface area contributed by atoms with Crippen LogP contribution in [0.4, 0.5) is 0 Å². The maximum absolute atomic E-state index is 12.6. The Morgan fingerprint density at radius 2 is 2.13 bits per heavy atom. The number of carbonyl (C=O) groups is 1. The number of hydrogen-bond acceptors (Lipinski definition) is 4. The fourth-order valence-electron chi connectivity index (χ4n) is 3.02. The first-order chi connectivity index (χ1) is 10.7. The third kappa shape index (κ3) is 4.42. The van der Waals surface area contributed by atoms with E-state index < -0.39 is 10.0 Å². The molecule has 0 aliphatic carbocycles. The third-order valence-corrected chi connectivity index (χ3v) is 4.77. The Hall–Kier alpha value is -1.67. The van der Waals surface area contributed by atoms with Crippen LogP contribution in [0.25, 0.3) is 0 Å². The highest BCUT2D eigenvalue weighted by Crippen LogP contribution is 2.23. The van der Waals surface area contributed by atoms with Crippen LogP contribution in [0, 0.1) is 12.8 Å². The lowest BCUT2D eigenvalue weighted by Gasteiger charge is -2.17. The second-order valence-electron chi connectivity index (χ2n) is 6.15. The molecule has 1 saturated heterocycles. The smallest absolute Gasteiger partial charge is 0.259 e. The predicted octanol–water partition coefficient (Wildman–Crippen LogP) is 0.473. The van der Waals surface area contributed by atoms with E-state index in [0.29, 0.717) is 12.2 Å². The molecule has 1 aliphatic heterocycles. The van der Waals surface area contributed by atoms with E-state index in [1.54, 1.807) is 11.8 Å². The highest BCUT2D eigenvalue weighted by Gasteiger charge is 2.36. The molecule has 2 heterocycles. The molecule has 2 atom stereocenters. The Kier molecular flexibility index (Phi) is 5.26. The first-order valence-electron chi connectivity index (χ1n) is 7.67. The van der Waals surface area contributed by atoms with Crippen LogP contribution in [0.3, 0.4) is 0 Å². The summed E-state index contributed by atoms with van der Waals surface area (Å²) in [5.41, 5.74) is 0.456. The quantitative estimate of drug-likeness (QED) is 0.813. The minimum absolute atomic E-state index is 0.0585. The molecule has 2 rings (SSSR count). The first kappa shape index (κ1) is 17.7. The van der Waals surface area contributed by atoms with Crippen LogP contribution in [-0.2, 0) is 10.0 Å². The lowest BCUT2D eigenvalue weighted by atomic mass is 9.99. The second kappa shape index (κ2) is 6.84. The number of aromatic nitrogens is 1. The monoisotopic (exact) mass is 341 g/mol. The fraction of sp³-hybridized carbons (Fsp3) is 0.600. The lowest BCUT2D eigenvalue weighted by molar-refractivity contribution is 0.0783. The van der Waals surface area contributed by atoms with E-state index in [-0.39, 0.29) is 35.4 Å². The van der Waals surface area contributed by atoms with Crippen molar-refractivity contribution in [3.8, 4) is 0 Å². The van der Waals surface area contributed by atoms with Crippen molar-refractivity contribution in [1.82, 2.24) is 14.6 Å². The van der Waals surface area contributed by atoms with Crippen LogP contribution < -0.4 is 10.2 Å². The molecule has 0 radical (unpaired) electrons. The van der Waals surface area contributed by atoms with E-state index >= 15 is 0 Å². The van der Waals surface area contributed by atoms with E-state index in [2.05, 4.69) is 9.71 Å². The number of hydrogen-bond donors (Lipinski definition) is 2. The molecule has 0 spiro atoms. The van der Waals surface area contributed by atoms with E-state index in [1.165, 1.54) is 12.3 Å². The second-order valence-corrected chi connectivity index (χ2v) is 7.93. The number of carbonyl (C=O) groups excluding carboxylic acids is 1. The number of rotatable bonds is 5. The molecule has 23 heavy (non-hydrogen) atoms. The van der Waals surface area contributed by atoms with Crippen LogP contribution in [0.1, 0.15) is 35.8 Å². The molecular weight excluding hydrogens is 318 g/mol. The van der Waals surface area contributed by atoms with Gasteiger partial charge in [0.1, 0.15) is 5.56 Å². The van der Waals surface area contributed by atoms with Gasteiger partial charge in [-0.2, -0.15) is 0 Å². The Balaban J connectivity index is 2.20. The lowest BCUT2D eigenvalue weighted by Crippen LogP contribution is -2.40. The van der Waals surface area contributed by atoms with Crippen molar-refractivity contribution < 1.29 is 13.2 Å². The van der Waals surface area contributed by atoms with Gasteiger partial charge in [0.15, 0.2) is 5.43 Å². The molecule has 0 bridgehead atoms. The normalized spacial score (nSPS) is 21.6. The Morgan fingerprint density at radius 3 is 2.70 bits per heavy atom. The molecule has 128 valence electrons. The summed E-state index contributed by atoms with van der Waals surface area (Å²) >= 11 is 0. The highest BCUT2D eigenvalue weighted by atomic mass is 32.2. The Labute approximate surface area is 136 Å². The summed E-state index contributed by atoms with van der Waals surface area (Å²) in [7, 11) is -3.34. The molecule has 1 aromatic rings. The van der Waals surface area contributed by atoms with Crippen LogP contribution in [0.2, 0.25) is 0 Å². The van der Waals surface area contributed by atoms with Crippen molar-refractivity contribution in [2.24, 2.45) is 5.92 Å². The third-order valence-electron chi connectivity index (χ3n) is 4.04. The fourth-order valence-corrected chi connectivity index (χ4v) is 3.84. The zero-order chi connectivity index (χ0) is 17.2. The summed E-state index contributed by atoms with van der Waals surface area (Å²) in [4.78, 5) is 29.0. The highest BCUT2D eigenvalue weighted by molar-refractivity contribution is 7.88. The molecule has 0 aromatic carbocycles. The average Bonchev–Trinajstić information content (AvgIpc) is 2.79. The number of sulfonamides is 1. The number of aryl methyl sites for hydroxylation is 1. The van der Waals surface area contributed by atoms with Crippen LogP contribution >= 0.6 is 0 Å². The summed E-state index contributed by atoms with van der Waals surface area (Å²) in [6.45, 7) is 4.50. The summed E-state index contributed by atoms with van der Waals surface area (Å²) in [5, 5.41) is 0.